The van der Waals surface area contributed by atoms with E-state index in [-0.39, 0.29) is 18.6 Å². The lowest BCUT2D eigenvalue weighted by Gasteiger charge is -2.11. The molecule has 0 radical (unpaired) electrons. The average Bonchev–Trinajstić information content (AvgIpc) is 2.32. The summed E-state index contributed by atoms with van der Waals surface area (Å²) in [4.78, 5) is 2.21. The Bertz CT molecular complexity index is 138. The van der Waals surface area contributed by atoms with Gasteiger partial charge in [0.1, 0.15) is 0 Å². The Morgan fingerprint density at radius 3 is 2.82 bits per heavy atom. The van der Waals surface area contributed by atoms with Crippen LogP contribution < -0.4 is 5.73 Å². The van der Waals surface area contributed by atoms with E-state index >= 15 is 0 Å². The minimum absolute atomic E-state index is 0.139. The number of hydrogen-bond acceptors (Lipinski definition) is 3. The predicted molar refractivity (Wildman–Crippen MR) is 45.2 cm³/mol. The molecule has 3 heteroatoms. The standard InChI is InChI=1S/C8H16N2O/c1-2-3-10-4-7(6-11)8(9)5-10/h2,7-8,11H,1,3-6,9H2. The Labute approximate surface area is 67.5 Å². The van der Waals surface area contributed by atoms with Gasteiger partial charge in [0.2, 0.25) is 0 Å². The fourth-order valence-electron chi connectivity index (χ4n) is 1.51. The van der Waals surface area contributed by atoms with E-state index in [1.165, 1.54) is 0 Å². The van der Waals surface area contributed by atoms with E-state index in [0.717, 1.165) is 19.6 Å². The molecule has 11 heavy (non-hydrogen) atoms. The fourth-order valence-corrected chi connectivity index (χ4v) is 1.51. The first-order chi connectivity index (χ1) is 5.27. The largest absolute Gasteiger partial charge is 0.396 e. The topological polar surface area (TPSA) is 49.5 Å². The normalized spacial score (nSPS) is 32.5. The molecule has 2 atom stereocenters. The van der Waals surface area contributed by atoms with Crippen molar-refractivity contribution in [1.29, 1.82) is 0 Å². The molecule has 3 nitrogen and oxygen atoms in total. The van der Waals surface area contributed by atoms with Crippen LogP contribution in [0.15, 0.2) is 12.7 Å². The number of aliphatic hydroxyl groups excluding tert-OH is 1. The van der Waals surface area contributed by atoms with Crippen LogP contribution in [-0.2, 0) is 0 Å². The Morgan fingerprint density at radius 1 is 1.64 bits per heavy atom. The maximum atomic E-state index is 8.89. The molecule has 2 unspecified atom stereocenters. The van der Waals surface area contributed by atoms with Gasteiger partial charge in [-0.25, -0.2) is 0 Å². The molecular weight excluding hydrogens is 140 g/mol. The van der Waals surface area contributed by atoms with Crippen molar-refractivity contribution in [1.82, 2.24) is 4.90 Å². The summed E-state index contributed by atoms with van der Waals surface area (Å²) >= 11 is 0. The van der Waals surface area contributed by atoms with Gasteiger partial charge in [0, 0.05) is 38.2 Å². The van der Waals surface area contributed by atoms with E-state index in [1.807, 2.05) is 6.08 Å². The summed E-state index contributed by atoms with van der Waals surface area (Å²) in [5, 5.41) is 8.89. The number of hydrogen-bond donors (Lipinski definition) is 2. The summed E-state index contributed by atoms with van der Waals surface area (Å²) < 4.78 is 0. The summed E-state index contributed by atoms with van der Waals surface area (Å²) in [5.74, 6) is 0.259. The third-order valence-electron chi connectivity index (χ3n) is 2.19. The zero-order chi connectivity index (χ0) is 8.27. The highest BCUT2D eigenvalue weighted by Gasteiger charge is 2.28. The molecule has 0 aromatic rings. The van der Waals surface area contributed by atoms with Crippen LogP contribution in [-0.4, -0.2) is 42.3 Å². The van der Waals surface area contributed by atoms with Gasteiger partial charge < -0.3 is 10.8 Å². The van der Waals surface area contributed by atoms with Crippen LogP contribution in [0.2, 0.25) is 0 Å². The van der Waals surface area contributed by atoms with Crippen molar-refractivity contribution in [2.45, 2.75) is 6.04 Å². The molecule has 3 N–H and O–H groups in total. The monoisotopic (exact) mass is 156 g/mol. The molecule has 1 fully saturated rings. The lowest BCUT2D eigenvalue weighted by molar-refractivity contribution is 0.218. The quantitative estimate of drug-likeness (QED) is 0.538. The van der Waals surface area contributed by atoms with E-state index in [1.54, 1.807) is 0 Å². The lowest BCUT2D eigenvalue weighted by atomic mass is 10.1. The second-order valence-electron chi connectivity index (χ2n) is 3.11. The Hall–Kier alpha value is -0.380. The Balaban J connectivity index is 2.36. The maximum absolute atomic E-state index is 8.89. The minimum Gasteiger partial charge on any atom is -0.396 e. The molecular formula is C8H16N2O. The molecule has 64 valence electrons. The highest BCUT2D eigenvalue weighted by atomic mass is 16.3. The number of rotatable bonds is 3. The summed E-state index contributed by atoms with van der Waals surface area (Å²) in [6, 6.07) is 0.139. The van der Waals surface area contributed by atoms with Crippen molar-refractivity contribution in [2.24, 2.45) is 11.7 Å². The highest BCUT2D eigenvalue weighted by Crippen LogP contribution is 2.13. The van der Waals surface area contributed by atoms with Crippen molar-refractivity contribution in [3.05, 3.63) is 12.7 Å². The molecule has 0 spiro atoms. The molecule has 0 aromatic carbocycles. The predicted octanol–water partition coefficient (Wildman–Crippen LogP) is -0.576. The van der Waals surface area contributed by atoms with Gasteiger partial charge >= 0.3 is 0 Å². The molecule has 1 aliphatic rings. The molecule has 0 bridgehead atoms. The van der Waals surface area contributed by atoms with Crippen molar-refractivity contribution in [3.8, 4) is 0 Å². The van der Waals surface area contributed by atoms with Crippen molar-refractivity contribution >= 4 is 0 Å². The van der Waals surface area contributed by atoms with Crippen LogP contribution in [0.1, 0.15) is 0 Å². The summed E-state index contributed by atoms with van der Waals surface area (Å²) in [6.45, 7) is 6.53. The van der Waals surface area contributed by atoms with Gasteiger partial charge in [0.15, 0.2) is 0 Å². The third kappa shape index (κ3) is 2.02. The van der Waals surface area contributed by atoms with Gasteiger partial charge in [0.25, 0.3) is 0 Å². The summed E-state index contributed by atoms with van der Waals surface area (Å²) in [7, 11) is 0. The first-order valence-electron chi connectivity index (χ1n) is 3.97. The van der Waals surface area contributed by atoms with E-state index < -0.39 is 0 Å². The summed E-state index contributed by atoms with van der Waals surface area (Å²) in [5.41, 5.74) is 5.77. The lowest BCUT2D eigenvalue weighted by Crippen LogP contribution is -2.31. The minimum atomic E-state index is 0.139. The summed E-state index contributed by atoms with van der Waals surface area (Å²) in [6.07, 6.45) is 1.87. The SMILES string of the molecule is C=CCN1CC(N)C(CO)C1. The van der Waals surface area contributed by atoms with Crippen LogP contribution in [0.25, 0.3) is 0 Å². The first kappa shape index (κ1) is 8.71. The van der Waals surface area contributed by atoms with Crippen molar-refractivity contribution in [2.75, 3.05) is 26.2 Å². The molecule has 0 aliphatic carbocycles. The fraction of sp³-hybridized carbons (Fsp3) is 0.750. The van der Waals surface area contributed by atoms with Crippen LogP contribution >= 0.6 is 0 Å². The van der Waals surface area contributed by atoms with Crippen LogP contribution in [0.3, 0.4) is 0 Å². The number of nitrogens with two attached hydrogens (primary N) is 1. The Kier molecular flexibility index (Phi) is 3.05. The van der Waals surface area contributed by atoms with Crippen LogP contribution in [0.5, 0.6) is 0 Å². The molecule has 1 heterocycles. The van der Waals surface area contributed by atoms with Gasteiger partial charge in [-0.3, -0.25) is 4.90 Å². The molecule has 1 rings (SSSR count). The van der Waals surface area contributed by atoms with Crippen molar-refractivity contribution < 1.29 is 5.11 Å². The Morgan fingerprint density at radius 2 is 2.36 bits per heavy atom. The van der Waals surface area contributed by atoms with Gasteiger partial charge in [-0.2, -0.15) is 0 Å². The molecule has 0 saturated carbocycles. The highest BCUT2D eigenvalue weighted by molar-refractivity contribution is 4.88. The maximum Gasteiger partial charge on any atom is 0.0486 e. The second-order valence-corrected chi connectivity index (χ2v) is 3.11. The van der Waals surface area contributed by atoms with Gasteiger partial charge in [-0.05, 0) is 0 Å². The van der Waals surface area contributed by atoms with E-state index in [0.29, 0.717) is 0 Å². The van der Waals surface area contributed by atoms with E-state index in [4.69, 9.17) is 10.8 Å². The van der Waals surface area contributed by atoms with Gasteiger partial charge in [-0.1, -0.05) is 6.08 Å². The van der Waals surface area contributed by atoms with Crippen LogP contribution in [0, 0.1) is 5.92 Å². The zero-order valence-corrected chi connectivity index (χ0v) is 6.74. The molecule has 1 saturated heterocycles. The van der Waals surface area contributed by atoms with E-state index in [9.17, 15) is 0 Å². The van der Waals surface area contributed by atoms with Crippen molar-refractivity contribution in [3.63, 3.8) is 0 Å². The second kappa shape index (κ2) is 3.85. The first-order valence-corrected chi connectivity index (χ1v) is 3.97. The number of nitrogens with zero attached hydrogens (tertiary/aromatic N) is 1. The third-order valence-corrected chi connectivity index (χ3v) is 2.19. The van der Waals surface area contributed by atoms with Gasteiger partial charge in [0.05, 0.1) is 0 Å². The number of likely N-dealkylation sites (tertiary alicyclic amines) is 1. The molecule has 1 aliphatic heterocycles. The number of aliphatic hydroxyl groups is 1. The van der Waals surface area contributed by atoms with E-state index in [2.05, 4.69) is 11.5 Å². The smallest absolute Gasteiger partial charge is 0.0486 e. The van der Waals surface area contributed by atoms with Gasteiger partial charge in [-0.15, -0.1) is 6.58 Å². The molecule has 0 aromatic heterocycles. The molecule has 0 amide bonds. The average molecular weight is 156 g/mol. The zero-order valence-electron chi connectivity index (χ0n) is 6.74. The van der Waals surface area contributed by atoms with Crippen LogP contribution in [0.4, 0.5) is 0 Å².